The molecule has 3 aliphatic carbocycles. The molecule has 0 aromatic heterocycles. The third kappa shape index (κ3) is 3.12. The van der Waals surface area contributed by atoms with E-state index < -0.39 is 0 Å². The molecule has 0 spiro atoms. The van der Waals surface area contributed by atoms with Gasteiger partial charge in [0.25, 0.3) is 0 Å². The smallest absolute Gasteiger partial charge is 0.249 e. The van der Waals surface area contributed by atoms with Gasteiger partial charge in [0, 0.05) is 5.56 Å². The Morgan fingerprint density at radius 2 is 1.96 bits per heavy atom. The normalized spacial score (nSPS) is 30.7. The topological polar surface area (TPSA) is 43.1 Å². The maximum atomic E-state index is 11.8. The molecule has 27 heavy (non-hydrogen) atoms. The minimum atomic E-state index is -0.369. The molecule has 4 atom stereocenters. The fourth-order valence-electron chi connectivity index (χ4n) is 5.97. The van der Waals surface area contributed by atoms with E-state index in [1.807, 2.05) is 26.8 Å². The van der Waals surface area contributed by atoms with Gasteiger partial charge in [-0.25, -0.2) is 0 Å². The average Bonchev–Trinajstić information content (AvgIpc) is 2.98. The number of amides is 1. The maximum Gasteiger partial charge on any atom is 0.249 e. The predicted molar refractivity (Wildman–Crippen MR) is 113 cm³/mol. The number of allylic oxidation sites excluding steroid dienone is 1. The summed E-state index contributed by atoms with van der Waals surface area (Å²) in [5, 5.41) is 0. The average molecular weight is 364 g/mol. The van der Waals surface area contributed by atoms with E-state index in [0.29, 0.717) is 16.9 Å². The molecule has 3 unspecified atom stereocenters. The molecular formula is C25H33NO. The molecule has 2 nitrogen and oxygen atoms in total. The minimum Gasteiger partial charge on any atom is -0.366 e. The van der Waals surface area contributed by atoms with E-state index >= 15 is 0 Å². The van der Waals surface area contributed by atoms with Crippen molar-refractivity contribution in [3.05, 3.63) is 46.5 Å². The lowest BCUT2D eigenvalue weighted by molar-refractivity contribution is 0.0816. The van der Waals surface area contributed by atoms with Gasteiger partial charge < -0.3 is 5.73 Å². The van der Waals surface area contributed by atoms with Gasteiger partial charge in [-0.2, -0.15) is 0 Å². The first-order valence-corrected chi connectivity index (χ1v) is 10.5. The van der Waals surface area contributed by atoms with Gasteiger partial charge in [-0.15, -0.1) is 5.92 Å². The van der Waals surface area contributed by atoms with Crippen molar-refractivity contribution in [3.63, 3.8) is 0 Å². The van der Waals surface area contributed by atoms with E-state index in [2.05, 4.69) is 31.4 Å². The number of rotatable bonds is 1. The summed E-state index contributed by atoms with van der Waals surface area (Å²) in [5.74, 6) is 7.78. The van der Waals surface area contributed by atoms with E-state index in [9.17, 15) is 4.79 Å². The van der Waals surface area contributed by atoms with Crippen LogP contribution in [0.25, 0.3) is 0 Å². The molecule has 0 saturated heterocycles. The van der Waals surface area contributed by atoms with Gasteiger partial charge in [-0.05, 0) is 91.9 Å². The van der Waals surface area contributed by atoms with E-state index in [4.69, 9.17) is 5.73 Å². The summed E-state index contributed by atoms with van der Waals surface area (Å²) in [7, 11) is 0. The van der Waals surface area contributed by atoms with Gasteiger partial charge in [0.15, 0.2) is 0 Å². The Morgan fingerprint density at radius 1 is 1.22 bits per heavy atom. The highest BCUT2D eigenvalue weighted by Crippen LogP contribution is 2.62. The molecule has 0 bridgehead atoms. The van der Waals surface area contributed by atoms with Gasteiger partial charge >= 0.3 is 0 Å². The summed E-state index contributed by atoms with van der Waals surface area (Å²) >= 11 is 0. The van der Waals surface area contributed by atoms with Gasteiger partial charge in [-0.3, -0.25) is 4.79 Å². The number of carbonyl (C=O) groups is 1. The maximum absolute atomic E-state index is 11.8. The van der Waals surface area contributed by atoms with Crippen LogP contribution in [-0.4, -0.2) is 5.91 Å². The summed E-state index contributed by atoms with van der Waals surface area (Å²) in [5.41, 5.74) is 11.6. The lowest BCUT2D eigenvalue weighted by atomic mass is 9.55. The van der Waals surface area contributed by atoms with Crippen LogP contribution >= 0.6 is 0 Å². The lowest BCUT2D eigenvalue weighted by Gasteiger charge is -2.49. The lowest BCUT2D eigenvalue weighted by Crippen LogP contribution is -2.40. The standard InChI is InChI=1S/C23H27NO.C2H6/c1-4-5-15-12-19-16(13-20(15)22(24)25)7-8-18-17(19)10-11-23(3)14(2)6-9-21(18)23;1-2/h12-13,17-18,21H,2,6-11H2,1,3H3,(H2,24,25);1-2H3/t17?,18?,21?,23-;/m1./s1. The van der Waals surface area contributed by atoms with Gasteiger partial charge in [0.2, 0.25) is 5.91 Å². The van der Waals surface area contributed by atoms with Gasteiger partial charge in [0.05, 0.1) is 5.56 Å². The number of fused-ring (bicyclic) bond motifs is 5. The number of aryl methyl sites for hydroxylation is 1. The molecule has 1 aromatic rings. The molecule has 0 heterocycles. The molecule has 0 aliphatic heterocycles. The molecule has 0 radical (unpaired) electrons. The summed E-state index contributed by atoms with van der Waals surface area (Å²) in [6.07, 6.45) is 7.23. The third-order valence-electron chi connectivity index (χ3n) is 7.34. The van der Waals surface area contributed by atoms with Gasteiger partial charge in [-0.1, -0.05) is 38.8 Å². The molecule has 144 valence electrons. The summed E-state index contributed by atoms with van der Waals surface area (Å²) in [6, 6.07) is 4.20. The second-order valence-electron chi connectivity index (χ2n) is 8.35. The minimum absolute atomic E-state index is 0.345. The van der Waals surface area contributed by atoms with E-state index in [-0.39, 0.29) is 5.91 Å². The SMILES string of the molecule is C=C1CCC2C3CCc4cc(C(N)=O)c(C#CC)cc4C3CC[C@]12C.CC. The zero-order valence-electron chi connectivity index (χ0n) is 17.3. The Morgan fingerprint density at radius 3 is 2.63 bits per heavy atom. The Hall–Kier alpha value is -2.01. The van der Waals surface area contributed by atoms with Crippen LogP contribution in [0.2, 0.25) is 0 Å². The molecular weight excluding hydrogens is 330 g/mol. The fourth-order valence-corrected chi connectivity index (χ4v) is 5.97. The highest BCUT2D eigenvalue weighted by atomic mass is 16.1. The summed E-state index contributed by atoms with van der Waals surface area (Å²) in [6.45, 7) is 12.6. The second kappa shape index (κ2) is 7.55. The first-order chi connectivity index (χ1) is 13.0. The van der Waals surface area contributed by atoms with Crippen LogP contribution in [0, 0.1) is 29.1 Å². The van der Waals surface area contributed by atoms with Crippen molar-refractivity contribution < 1.29 is 4.79 Å². The summed E-state index contributed by atoms with van der Waals surface area (Å²) in [4.78, 5) is 11.8. The van der Waals surface area contributed by atoms with Crippen molar-refractivity contribution in [2.45, 2.75) is 72.1 Å². The first-order valence-electron chi connectivity index (χ1n) is 10.5. The van der Waals surface area contributed by atoms with Crippen molar-refractivity contribution in [3.8, 4) is 11.8 Å². The molecule has 2 fully saturated rings. The number of hydrogen-bond acceptors (Lipinski definition) is 1. The quantitative estimate of drug-likeness (QED) is 0.512. The Kier molecular flexibility index (Phi) is 5.52. The molecule has 1 amide bonds. The number of hydrogen-bond donors (Lipinski definition) is 1. The van der Waals surface area contributed by atoms with E-state index in [1.54, 1.807) is 0 Å². The molecule has 3 aliphatic rings. The van der Waals surface area contributed by atoms with Crippen LogP contribution in [0.5, 0.6) is 0 Å². The van der Waals surface area contributed by atoms with Gasteiger partial charge in [0.1, 0.15) is 0 Å². The number of primary amides is 1. The predicted octanol–water partition coefficient (Wildman–Crippen LogP) is 5.60. The Labute approximate surface area is 164 Å². The Balaban J connectivity index is 0.00000102. The van der Waals surface area contributed by atoms with Crippen LogP contribution < -0.4 is 5.73 Å². The van der Waals surface area contributed by atoms with Crippen LogP contribution in [-0.2, 0) is 6.42 Å². The second-order valence-corrected chi connectivity index (χ2v) is 8.35. The van der Waals surface area contributed by atoms with Crippen LogP contribution in [0.4, 0.5) is 0 Å². The highest BCUT2D eigenvalue weighted by molar-refractivity contribution is 5.96. The van der Waals surface area contributed by atoms with Crippen molar-refractivity contribution in [2.24, 2.45) is 23.0 Å². The number of carbonyl (C=O) groups excluding carboxylic acids is 1. The summed E-state index contributed by atoms with van der Waals surface area (Å²) < 4.78 is 0. The van der Waals surface area contributed by atoms with Crippen molar-refractivity contribution >= 4 is 5.91 Å². The molecule has 2 N–H and O–H groups in total. The molecule has 4 rings (SSSR count). The number of benzene rings is 1. The third-order valence-corrected chi connectivity index (χ3v) is 7.34. The highest BCUT2D eigenvalue weighted by Gasteiger charge is 2.51. The number of nitrogens with two attached hydrogens (primary N) is 1. The van der Waals surface area contributed by atoms with E-state index in [0.717, 1.165) is 23.8 Å². The molecule has 2 saturated carbocycles. The van der Waals surface area contributed by atoms with Crippen LogP contribution in [0.15, 0.2) is 24.3 Å². The first kappa shape index (κ1) is 19.7. The van der Waals surface area contributed by atoms with Crippen molar-refractivity contribution in [1.82, 2.24) is 0 Å². The Bertz CT molecular complexity index is 825. The molecule has 1 aromatic carbocycles. The largest absolute Gasteiger partial charge is 0.366 e. The zero-order chi connectivity index (χ0) is 19.8. The zero-order valence-corrected chi connectivity index (χ0v) is 17.3. The van der Waals surface area contributed by atoms with Crippen molar-refractivity contribution in [2.75, 3.05) is 0 Å². The van der Waals surface area contributed by atoms with Crippen LogP contribution in [0.1, 0.15) is 92.8 Å². The fraction of sp³-hybridized carbons (Fsp3) is 0.560. The molecule has 2 heteroatoms. The monoisotopic (exact) mass is 363 g/mol. The van der Waals surface area contributed by atoms with E-state index in [1.165, 1.54) is 48.8 Å². The van der Waals surface area contributed by atoms with Crippen LogP contribution in [0.3, 0.4) is 0 Å². The van der Waals surface area contributed by atoms with Crippen molar-refractivity contribution in [1.29, 1.82) is 0 Å².